The molecule has 1 atom stereocenters. The number of rotatable bonds is 5. The second-order valence-corrected chi connectivity index (χ2v) is 8.53. The van der Waals surface area contributed by atoms with E-state index in [0.717, 1.165) is 24.1 Å². The molecule has 1 aromatic carbocycles. The van der Waals surface area contributed by atoms with Gasteiger partial charge in [-0.25, -0.2) is 14.4 Å². The average Bonchev–Trinajstić information content (AvgIpc) is 3.52. The smallest absolute Gasteiger partial charge is 0.272 e. The minimum Gasteiger partial charge on any atom is -0.327 e. The number of halogens is 1. The summed E-state index contributed by atoms with van der Waals surface area (Å²) in [6.45, 7) is 2.83. The highest BCUT2D eigenvalue weighted by Crippen LogP contribution is 2.35. The second kappa shape index (κ2) is 8.38. The number of amides is 2. The van der Waals surface area contributed by atoms with Crippen LogP contribution in [0.25, 0.3) is 0 Å². The van der Waals surface area contributed by atoms with Gasteiger partial charge in [-0.15, -0.1) is 0 Å². The summed E-state index contributed by atoms with van der Waals surface area (Å²) >= 11 is 0. The molecule has 9 heteroatoms. The van der Waals surface area contributed by atoms with Crippen LogP contribution in [0, 0.1) is 12.7 Å². The lowest BCUT2D eigenvalue weighted by atomic mass is 10.1. The number of carbonyl (C=O) groups excluding carboxylic acids is 2. The Bertz CT molecular complexity index is 1240. The van der Waals surface area contributed by atoms with E-state index in [4.69, 9.17) is 9.97 Å². The zero-order valence-corrected chi connectivity index (χ0v) is 18.7. The fourth-order valence-electron chi connectivity index (χ4n) is 4.72. The summed E-state index contributed by atoms with van der Waals surface area (Å²) in [6.07, 6.45) is 3.84. The van der Waals surface area contributed by atoms with Crippen LogP contribution in [0.1, 0.15) is 52.0 Å². The molecule has 0 aliphatic carbocycles. The number of anilines is 1. The van der Waals surface area contributed by atoms with E-state index >= 15 is 0 Å². The molecule has 0 saturated carbocycles. The van der Waals surface area contributed by atoms with Crippen molar-refractivity contribution in [2.24, 2.45) is 7.05 Å². The Labute approximate surface area is 191 Å². The third-order valence-corrected chi connectivity index (χ3v) is 6.51. The van der Waals surface area contributed by atoms with Crippen LogP contribution >= 0.6 is 0 Å². The molecule has 0 N–H and O–H groups in total. The monoisotopic (exact) mass is 448 g/mol. The number of nitrogens with zero attached hydrogens (tertiary/aromatic N) is 6. The largest absolute Gasteiger partial charge is 0.327 e. The van der Waals surface area contributed by atoms with Gasteiger partial charge in [-0.3, -0.25) is 19.2 Å². The fraction of sp³-hybridized carbons (Fsp3) is 0.375. The van der Waals surface area contributed by atoms with Crippen LogP contribution < -0.4 is 4.90 Å². The van der Waals surface area contributed by atoms with Crippen LogP contribution in [0.3, 0.4) is 0 Å². The van der Waals surface area contributed by atoms with E-state index in [-0.39, 0.29) is 30.1 Å². The van der Waals surface area contributed by atoms with Gasteiger partial charge in [0.25, 0.3) is 5.91 Å². The van der Waals surface area contributed by atoms with Crippen molar-refractivity contribution in [1.82, 2.24) is 24.6 Å². The van der Waals surface area contributed by atoms with Gasteiger partial charge in [0, 0.05) is 37.6 Å². The first-order valence-corrected chi connectivity index (χ1v) is 11.1. The molecule has 170 valence electrons. The molecule has 0 radical (unpaired) electrons. The van der Waals surface area contributed by atoms with Crippen LogP contribution in [-0.4, -0.2) is 49.6 Å². The number of carbonyl (C=O) groups is 2. The Morgan fingerprint density at radius 2 is 2.03 bits per heavy atom. The van der Waals surface area contributed by atoms with E-state index in [2.05, 4.69) is 5.10 Å². The van der Waals surface area contributed by atoms with Gasteiger partial charge in [0.05, 0.1) is 12.5 Å². The first kappa shape index (κ1) is 21.2. The maximum Gasteiger partial charge on any atom is 0.272 e. The van der Waals surface area contributed by atoms with Crippen LogP contribution in [0.4, 0.5) is 10.2 Å². The van der Waals surface area contributed by atoms with E-state index < -0.39 is 0 Å². The van der Waals surface area contributed by atoms with E-state index in [1.165, 1.54) is 6.07 Å². The number of benzene rings is 1. The van der Waals surface area contributed by atoms with Crippen molar-refractivity contribution >= 4 is 17.6 Å². The van der Waals surface area contributed by atoms with Gasteiger partial charge in [-0.05, 0) is 43.9 Å². The number of aromatic nitrogens is 4. The van der Waals surface area contributed by atoms with E-state index in [0.29, 0.717) is 42.4 Å². The second-order valence-electron chi connectivity index (χ2n) is 8.53. The van der Waals surface area contributed by atoms with Gasteiger partial charge < -0.3 is 4.90 Å². The maximum absolute atomic E-state index is 14.1. The molecule has 3 aromatic rings. The lowest BCUT2D eigenvalue weighted by molar-refractivity contribution is -0.117. The fourth-order valence-corrected chi connectivity index (χ4v) is 4.72. The molecule has 4 heterocycles. The highest BCUT2D eigenvalue weighted by atomic mass is 19.1. The molecule has 0 unspecified atom stereocenters. The minimum atomic E-state index is -0.279. The molecule has 33 heavy (non-hydrogen) atoms. The van der Waals surface area contributed by atoms with E-state index in [1.54, 1.807) is 52.0 Å². The summed E-state index contributed by atoms with van der Waals surface area (Å²) in [7, 11) is 1.74. The zero-order chi connectivity index (χ0) is 23.1. The summed E-state index contributed by atoms with van der Waals surface area (Å²) in [6, 6.07) is 8.03. The number of fused-ring (bicyclic) bond motifs is 1. The number of aryl methyl sites for hydroxylation is 2. The first-order chi connectivity index (χ1) is 15.9. The Hall–Kier alpha value is -3.62. The van der Waals surface area contributed by atoms with Crippen molar-refractivity contribution in [3.05, 3.63) is 70.7 Å². The van der Waals surface area contributed by atoms with Crippen molar-refractivity contribution in [2.45, 2.75) is 38.6 Å². The number of hydrogen-bond acceptors (Lipinski definition) is 5. The Kier molecular flexibility index (Phi) is 5.39. The molecule has 5 rings (SSSR count). The topological polar surface area (TPSA) is 84.2 Å². The molecule has 8 nitrogen and oxygen atoms in total. The summed E-state index contributed by atoms with van der Waals surface area (Å²) in [5, 5.41) is 4.11. The lowest BCUT2D eigenvalue weighted by Gasteiger charge is -2.25. The van der Waals surface area contributed by atoms with Crippen molar-refractivity contribution in [3.8, 4) is 0 Å². The van der Waals surface area contributed by atoms with Crippen molar-refractivity contribution in [1.29, 1.82) is 0 Å². The standard InChI is InChI=1S/C24H25FN6O2/c1-15-17-14-21(32)31(13-10-16-6-3-4-7-18(16)25)23(17)28-22(27-15)19-8-5-12-30(19)24(33)20-9-11-26-29(20)2/h3-4,6-7,9,11,19H,5,8,10,12-14H2,1-2H3/t19-/m1/s1. The first-order valence-electron chi connectivity index (χ1n) is 11.1. The van der Waals surface area contributed by atoms with Crippen LogP contribution in [0.15, 0.2) is 36.5 Å². The van der Waals surface area contributed by atoms with Crippen LogP contribution in [0.5, 0.6) is 0 Å². The Balaban J connectivity index is 1.43. The predicted octanol–water partition coefficient (Wildman–Crippen LogP) is 2.77. The average molecular weight is 449 g/mol. The van der Waals surface area contributed by atoms with Gasteiger partial charge in [0.1, 0.15) is 17.3 Å². The van der Waals surface area contributed by atoms with Gasteiger partial charge >= 0.3 is 0 Å². The van der Waals surface area contributed by atoms with Crippen LogP contribution in [0.2, 0.25) is 0 Å². The molecule has 2 aliphatic rings. The molecule has 2 amide bonds. The van der Waals surface area contributed by atoms with E-state index in [1.807, 2.05) is 6.92 Å². The summed E-state index contributed by atoms with van der Waals surface area (Å²) in [5.74, 6) is 0.680. The number of likely N-dealkylation sites (tertiary alicyclic amines) is 1. The van der Waals surface area contributed by atoms with Crippen molar-refractivity contribution < 1.29 is 14.0 Å². The number of hydrogen-bond donors (Lipinski definition) is 0. The summed E-state index contributed by atoms with van der Waals surface area (Å²) in [4.78, 5) is 38.8. The highest BCUT2D eigenvalue weighted by Gasteiger charge is 2.37. The normalized spacial score (nSPS) is 17.7. The quantitative estimate of drug-likeness (QED) is 0.599. The van der Waals surface area contributed by atoms with Gasteiger partial charge in [-0.2, -0.15) is 5.10 Å². The lowest BCUT2D eigenvalue weighted by Crippen LogP contribution is -2.33. The van der Waals surface area contributed by atoms with Crippen molar-refractivity contribution in [2.75, 3.05) is 18.0 Å². The van der Waals surface area contributed by atoms with Crippen LogP contribution in [-0.2, 0) is 24.7 Å². The molecule has 1 saturated heterocycles. The summed E-state index contributed by atoms with van der Waals surface area (Å²) < 4.78 is 15.6. The minimum absolute atomic E-state index is 0.0647. The van der Waals surface area contributed by atoms with Crippen molar-refractivity contribution in [3.63, 3.8) is 0 Å². The Morgan fingerprint density at radius 3 is 2.79 bits per heavy atom. The third kappa shape index (κ3) is 3.77. The van der Waals surface area contributed by atoms with Gasteiger partial charge in [0.2, 0.25) is 5.91 Å². The van der Waals surface area contributed by atoms with E-state index in [9.17, 15) is 14.0 Å². The molecule has 2 aromatic heterocycles. The SMILES string of the molecule is Cc1nc([C@H]2CCCN2C(=O)c2ccnn2C)nc2c1CC(=O)N2CCc1ccccc1F. The Morgan fingerprint density at radius 1 is 1.21 bits per heavy atom. The maximum atomic E-state index is 14.1. The predicted molar refractivity (Wildman–Crippen MR) is 119 cm³/mol. The molecule has 0 spiro atoms. The molecule has 0 bridgehead atoms. The van der Waals surface area contributed by atoms with Gasteiger partial charge in [0.15, 0.2) is 5.82 Å². The zero-order valence-electron chi connectivity index (χ0n) is 18.7. The highest BCUT2D eigenvalue weighted by molar-refractivity contribution is 6.00. The molecular formula is C24H25FN6O2. The molecular weight excluding hydrogens is 423 g/mol. The van der Waals surface area contributed by atoms with Gasteiger partial charge in [-0.1, -0.05) is 18.2 Å². The molecule has 1 fully saturated rings. The summed E-state index contributed by atoms with van der Waals surface area (Å²) in [5.41, 5.74) is 2.63. The third-order valence-electron chi connectivity index (χ3n) is 6.51. The molecule has 2 aliphatic heterocycles.